The predicted octanol–water partition coefficient (Wildman–Crippen LogP) is 2.04. The Morgan fingerprint density at radius 1 is 1.58 bits per heavy atom. The maximum Gasteiger partial charge on any atom is 0.233 e. The van der Waals surface area contributed by atoms with Crippen molar-refractivity contribution < 1.29 is 14.0 Å². The highest BCUT2D eigenvalue weighted by molar-refractivity contribution is 8.00. The van der Waals surface area contributed by atoms with Gasteiger partial charge >= 0.3 is 0 Å². The molecule has 1 heterocycles. The standard InChI is InChI=1S/C12H12ClFN2O2S/c13-8-5-7(1-2-9(8)14)16-11(17)6-10-12(18)15-3-4-19-10/h1-2,5,10H,3-4,6H2,(H,15,18)(H,16,17)/t10-/m0/s1. The zero-order valence-corrected chi connectivity index (χ0v) is 11.5. The summed E-state index contributed by atoms with van der Waals surface area (Å²) < 4.78 is 13.0. The third kappa shape index (κ3) is 3.84. The normalized spacial score (nSPS) is 18.8. The number of halogens is 2. The molecule has 0 aromatic heterocycles. The van der Waals surface area contributed by atoms with E-state index in [0.29, 0.717) is 12.2 Å². The SMILES string of the molecule is O=C(C[C@@H]1SCCNC1=O)Nc1ccc(F)c(Cl)c1. The molecule has 4 nitrogen and oxygen atoms in total. The highest BCUT2D eigenvalue weighted by Gasteiger charge is 2.25. The fourth-order valence-corrected chi connectivity index (χ4v) is 2.86. The molecule has 2 rings (SSSR count). The van der Waals surface area contributed by atoms with Crippen LogP contribution in [-0.4, -0.2) is 29.4 Å². The van der Waals surface area contributed by atoms with Gasteiger partial charge in [0.1, 0.15) is 5.82 Å². The van der Waals surface area contributed by atoms with Crippen LogP contribution in [0.25, 0.3) is 0 Å². The minimum Gasteiger partial charge on any atom is -0.354 e. The molecule has 19 heavy (non-hydrogen) atoms. The largest absolute Gasteiger partial charge is 0.354 e. The molecule has 2 amide bonds. The van der Waals surface area contributed by atoms with Crippen LogP contribution in [0.15, 0.2) is 18.2 Å². The number of carbonyl (C=O) groups excluding carboxylic acids is 2. The van der Waals surface area contributed by atoms with Gasteiger partial charge in [0.25, 0.3) is 0 Å². The Hall–Kier alpha value is -1.27. The van der Waals surface area contributed by atoms with E-state index in [0.717, 1.165) is 5.75 Å². The van der Waals surface area contributed by atoms with Gasteiger partial charge in [-0.05, 0) is 18.2 Å². The van der Waals surface area contributed by atoms with Crippen LogP contribution in [-0.2, 0) is 9.59 Å². The van der Waals surface area contributed by atoms with E-state index in [4.69, 9.17) is 11.6 Å². The molecule has 0 radical (unpaired) electrons. The fraction of sp³-hybridized carbons (Fsp3) is 0.333. The van der Waals surface area contributed by atoms with Gasteiger partial charge in [-0.15, -0.1) is 11.8 Å². The van der Waals surface area contributed by atoms with Gasteiger partial charge in [0.05, 0.1) is 10.3 Å². The molecule has 1 aromatic carbocycles. The average Bonchev–Trinajstić information content (AvgIpc) is 2.37. The van der Waals surface area contributed by atoms with E-state index in [1.807, 2.05) is 0 Å². The average molecular weight is 303 g/mol. The summed E-state index contributed by atoms with van der Waals surface area (Å²) in [7, 11) is 0. The van der Waals surface area contributed by atoms with Gasteiger partial charge in [-0.1, -0.05) is 11.6 Å². The van der Waals surface area contributed by atoms with Crippen LogP contribution in [0.1, 0.15) is 6.42 Å². The molecule has 1 saturated heterocycles. The Morgan fingerprint density at radius 3 is 3.05 bits per heavy atom. The van der Waals surface area contributed by atoms with Gasteiger partial charge in [0, 0.05) is 24.4 Å². The van der Waals surface area contributed by atoms with E-state index in [9.17, 15) is 14.0 Å². The van der Waals surface area contributed by atoms with E-state index in [2.05, 4.69) is 10.6 Å². The highest BCUT2D eigenvalue weighted by Crippen LogP contribution is 2.21. The van der Waals surface area contributed by atoms with Gasteiger partial charge < -0.3 is 10.6 Å². The predicted molar refractivity (Wildman–Crippen MR) is 73.9 cm³/mol. The van der Waals surface area contributed by atoms with Crippen LogP contribution in [0.3, 0.4) is 0 Å². The first-order chi connectivity index (χ1) is 9.06. The summed E-state index contributed by atoms with van der Waals surface area (Å²) >= 11 is 7.07. The highest BCUT2D eigenvalue weighted by atomic mass is 35.5. The summed E-state index contributed by atoms with van der Waals surface area (Å²) in [5, 5.41) is 4.88. The van der Waals surface area contributed by atoms with Crippen molar-refractivity contribution in [2.75, 3.05) is 17.6 Å². The first-order valence-electron chi connectivity index (χ1n) is 5.70. The van der Waals surface area contributed by atoms with Crippen molar-refractivity contribution in [2.24, 2.45) is 0 Å². The first-order valence-corrected chi connectivity index (χ1v) is 7.13. The molecule has 7 heteroatoms. The molecule has 1 aliphatic rings. The summed E-state index contributed by atoms with van der Waals surface area (Å²) in [6, 6.07) is 3.94. The maximum absolute atomic E-state index is 13.0. The van der Waals surface area contributed by atoms with Crippen LogP contribution in [0.4, 0.5) is 10.1 Å². The fourth-order valence-electron chi connectivity index (χ4n) is 1.67. The Balaban J connectivity index is 1.93. The van der Waals surface area contributed by atoms with Crippen LogP contribution < -0.4 is 10.6 Å². The van der Waals surface area contributed by atoms with Crippen molar-refractivity contribution >= 4 is 40.9 Å². The molecule has 2 N–H and O–H groups in total. The van der Waals surface area contributed by atoms with Crippen molar-refractivity contribution in [3.05, 3.63) is 29.0 Å². The van der Waals surface area contributed by atoms with Crippen molar-refractivity contribution in [2.45, 2.75) is 11.7 Å². The zero-order valence-electron chi connectivity index (χ0n) is 9.91. The monoisotopic (exact) mass is 302 g/mol. The minimum absolute atomic E-state index is 0.0532. The third-order valence-corrected chi connectivity index (χ3v) is 4.10. The molecule has 0 spiro atoms. The molecule has 1 atom stereocenters. The molecular formula is C12H12ClFN2O2S. The van der Waals surface area contributed by atoms with E-state index in [-0.39, 0.29) is 28.5 Å². The van der Waals surface area contributed by atoms with Crippen molar-refractivity contribution in [1.82, 2.24) is 5.32 Å². The van der Waals surface area contributed by atoms with Gasteiger partial charge in [0.2, 0.25) is 11.8 Å². The van der Waals surface area contributed by atoms with Crippen molar-refractivity contribution in [3.63, 3.8) is 0 Å². The summed E-state index contributed by atoms with van der Waals surface area (Å²) in [6.07, 6.45) is 0.0888. The number of anilines is 1. The van der Waals surface area contributed by atoms with Crippen LogP contribution in [0.2, 0.25) is 5.02 Å². The van der Waals surface area contributed by atoms with Crippen molar-refractivity contribution in [1.29, 1.82) is 0 Å². The third-order valence-electron chi connectivity index (χ3n) is 2.59. The lowest BCUT2D eigenvalue weighted by Crippen LogP contribution is -2.40. The number of nitrogens with one attached hydrogen (secondary N) is 2. The van der Waals surface area contributed by atoms with Gasteiger partial charge in [-0.25, -0.2) is 4.39 Å². The smallest absolute Gasteiger partial charge is 0.233 e. The molecule has 1 aromatic rings. The van der Waals surface area contributed by atoms with E-state index < -0.39 is 5.82 Å². The first kappa shape index (κ1) is 14.1. The summed E-state index contributed by atoms with van der Waals surface area (Å²) in [6.45, 7) is 0.634. The Kier molecular flexibility index (Phi) is 4.66. The number of thioether (sulfide) groups is 1. The number of carbonyl (C=O) groups is 2. The second-order valence-corrected chi connectivity index (χ2v) is 5.75. The molecule has 0 aliphatic carbocycles. The molecule has 1 aliphatic heterocycles. The van der Waals surface area contributed by atoms with Gasteiger partial charge in [-0.2, -0.15) is 0 Å². The minimum atomic E-state index is -0.540. The molecule has 0 bridgehead atoms. The quantitative estimate of drug-likeness (QED) is 0.898. The number of hydrogen-bond acceptors (Lipinski definition) is 3. The molecular weight excluding hydrogens is 291 g/mol. The lowest BCUT2D eigenvalue weighted by molar-refractivity contribution is -0.123. The van der Waals surface area contributed by atoms with Gasteiger partial charge in [-0.3, -0.25) is 9.59 Å². The summed E-state index contributed by atoms with van der Waals surface area (Å²) in [5.41, 5.74) is 0.414. The number of amides is 2. The van der Waals surface area contributed by atoms with Crippen LogP contribution in [0.5, 0.6) is 0 Å². The molecule has 0 saturated carbocycles. The second-order valence-electron chi connectivity index (χ2n) is 4.03. The van der Waals surface area contributed by atoms with Crippen LogP contribution >= 0.6 is 23.4 Å². The Bertz CT molecular complexity index is 513. The van der Waals surface area contributed by atoms with Crippen LogP contribution in [0, 0.1) is 5.82 Å². The Morgan fingerprint density at radius 2 is 2.37 bits per heavy atom. The van der Waals surface area contributed by atoms with E-state index in [1.54, 1.807) is 0 Å². The van der Waals surface area contributed by atoms with Gasteiger partial charge in [0.15, 0.2) is 0 Å². The molecule has 0 unspecified atom stereocenters. The number of rotatable bonds is 3. The Labute approximate surface area is 119 Å². The lowest BCUT2D eigenvalue weighted by Gasteiger charge is -2.20. The zero-order chi connectivity index (χ0) is 13.8. The molecule has 102 valence electrons. The van der Waals surface area contributed by atoms with E-state index in [1.165, 1.54) is 30.0 Å². The maximum atomic E-state index is 13.0. The topological polar surface area (TPSA) is 58.2 Å². The lowest BCUT2D eigenvalue weighted by atomic mass is 10.2. The number of hydrogen-bond donors (Lipinski definition) is 2. The molecule has 1 fully saturated rings. The summed E-state index contributed by atoms with van der Waals surface area (Å²) in [5.74, 6) is -0.158. The van der Waals surface area contributed by atoms with E-state index >= 15 is 0 Å². The number of benzene rings is 1. The second kappa shape index (κ2) is 6.25. The summed E-state index contributed by atoms with van der Waals surface area (Å²) in [4.78, 5) is 23.3. The van der Waals surface area contributed by atoms with Crippen molar-refractivity contribution in [3.8, 4) is 0 Å².